The molecule has 1 aromatic heterocycles. The molecular formula is C26H29N5O3. The first-order valence-corrected chi connectivity index (χ1v) is 11.4. The lowest BCUT2D eigenvalue weighted by Crippen LogP contribution is -2.42. The quantitative estimate of drug-likeness (QED) is 0.522. The number of para-hydroxylation sites is 1. The number of esters is 1. The Bertz CT molecular complexity index is 1200. The first-order valence-electron chi connectivity index (χ1n) is 11.4. The van der Waals surface area contributed by atoms with Crippen LogP contribution < -0.4 is 10.3 Å². The molecule has 2 aromatic carbocycles. The molecule has 1 atom stereocenters. The van der Waals surface area contributed by atoms with Crippen LogP contribution in [-0.2, 0) is 27.4 Å². The van der Waals surface area contributed by atoms with Gasteiger partial charge in [-0.25, -0.2) is 4.79 Å². The molecule has 34 heavy (non-hydrogen) atoms. The van der Waals surface area contributed by atoms with Crippen molar-refractivity contribution in [1.29, 1.82) is 0 Å². The maximum atomic E-state index is 13.2. The van der Waals surface area contributed by atoms with Gasteiger partial charge in [-0.3, -0.25) is 14.5 Å². The first kappa shape index (κ1) is 23.2. The summed E-state index contributed by atoms with van der Waals surface area (Å²) in [5, 5.41) is 13.5. The summed E-state index contributed by atoms with van der Waals surface area (Å²) in [5.41, 5.74) is 5.19. The Kier molecular flexibility index (Phi) is 7.06. The lowest BCUT2D eigenvalue weighted by atomic mass is 10.1. The minimum absolute atomic E-state index is 0.192. The van der Waals surface area contributed by atoms with Crippen molar-refractivity contribution in [1.82, 2.24) is 15.1 Å². The van der Waals surface area contributed by atoms with Gasteiger partial charge in [0.15, 0.2) is 0 Å². The molecule has 1 N–H and O–H groups in total. The number of aromatic nitrogens is 2. The molecule has 2 heterocycles. The van der Waals surface area contributed by atoms with E-state index in [4.69, 9.17) is 4.74 Å². The van der Waals surface area contributed by atoms with Gasteiger partial charge in [0, 0.05) is 18.7 Å². The Morgan fingerprint density at radius 2 is 1.82 bits per heavy atom. The van der Waals surface area contributed by atoms with Crippen molar-refractivity contribution in [2.45, 2.75) is 46.3 Å². The maximum absolute atomic E-state index is 13.2. The molecule has 3 aromatic rings. The van der Waals surface area contributed by atoms with Crippen LogP contribution in [0.1, 0.15) is 35.9 Å². The van der Waals surface area contributed by atoms with E-state index in [0.717, 1.165) is 28.2 Å². The molecule has 4 rings (SSSR count). The number of ether oxygens (including phenoxy) is 1. The number of anilines is 1. The number of hydrazone groups is 1. The average Bonchev–Trinajstić information content (AvgIpc) is 3.42. The molecule has 0 saturated carbocycles. The summed E-state index contributed by atoms with van der Waals surface area (Å²) in [6, 6.07) is 18.9. The molecule has 0 fully saturated rings. The number of rotatable bonds is 8. The van der Waals surface area contributed by atoms with E-state index in [1.165, 1.54) is 0 Å². The fourth-order valence-corrected chi connectivity index (χ4v) is 4.02. The number of benzene rings is 2. The third kappa shape index (κ3) is 5.33. The highest BCUT2D eigenvalue weighted by Gasteiger charge is 2.36. The molecule has 8 nitrogen and oxygen atoms in total. The predicted octanol–water partition coefficient (Wildman–Crippen LogP) is 3.36. The largest absolute Gasteiger partial charge is 0.461 e. The van der Waals surface area contributed by atoms with E-state index in [2.05, 4.69) is 33.7 Å². The van der Waals surface area contributed by atoms with Crippen molar-refractivity contribution < 1.29 is 14.3 Å². The highest BCUT2D eigenvalue weighted by atomic mass is 16.5. The van der Waals surface area contributed by atoms with E-state index in [1.807, 2.05) is 61.0 Å². The number of aryl methyl sites for hydroxylation is 2. The molecule has 1 aliphatic heterocycles. The summed E-state index contributed by atoms with van der Waals surface area (Å²) in [4.78, 5) is 25.4. The summed E-state index contributed by atoms with van der Waals surface area (Å²) in [6.07, 6.45) is 0.192. The molecule has 1 unspecified atom stereocenters. The second-order valence-corrected chi connectivity index (χ2v) is 8.29. The van der Waals surface area contributed by atoms with Gasteiger partial charge in [-0.2, -0.15) is 10.2 Å². The van der Waals surface area contributed by atoms with E-state index in [9.17, 15) is 9.59 Å². The Morgan fingerprint density at radius 1 is 1.06 bits per heavy atom. The number of hydrogen-bond acceptors (Lipinski definition) is 6. The van der Waals surface area contributed by atoms with Gasteiger partial charge in [-0.15, -0.1) is 0 Å². The second kappa shape index (κ2) is 10.3. The lowest BCUT2D eigenvalue weighted by molar-refractivity contribution is -0.135. The Morgan fingerprint density at radius 3 is 2.53 bits per heavy atom. The normalized spacial score (nSPS) is 15.2. The van der Waals surface area contributed by atoms with Crippen LogP contribution in [0.15, 0.2) is 65.8 Å². The van der Waals surface area contributed by atoms with Crippen LogP contribution in [0.25, 0.3) is 0 Å². The second-order valence-electron chi connectivity index (χ2n) is 8.29. The molecule has 0 aliphatic carbocycles. The fraction of sp³-hybridized carbons (Fsp3) is 0.308. The zero-order valence-electron chi connectivity index (χ0n) is 19.7. The fourth-order valence-electron chi connectivity index (χ4n) is 4.02. The standard InChI is InChI=1S/C26H29N5O3/c1-4-34-26(33)23-15-24(31(29-23)22-11-6-5-7-12-22)25(32)27-16-20-9-8-10-21(14-20)17-30-19(3)13-18(2)28-30/h5-14,24H,4,15-17H2,1-3H3,(H,27,32). The van der Waals surface area contributed by atoms with E-state index in [1.54, 1.807) is 11.9 Å². The van der Waals surface area contributed by atoms with Crippen molar-refractivity contribution in [3.8, 4) is 0 Å². The maximum Gasteiger partial charge on any atom is 0.354 e. The molecule has 0 radical (unpaired) electrons. The van der Waals surface area contributed by atoms with Gasteiger partial charge in [-0.05, 0) is 50.1 Å². The van der Waals surface area contributed by atoms with Gasteiger partial charge >= 0.3 is 5.97 Å². The Balaban J connectivity index is 1.44. The number of carbonyl (C=O) groups excluding carboxylic acids is 2. The van der Waals surface area contributed by atoms with E-state index in [-0.39, 0.29) is 24.6 Å². The predicted molar refractivity (Wildman–Crippen MR) is 130 cm³/mol. The van der Waals surface area contributed by atoms with Gasteiger partial charge in [0.05, 0.1) is 24.5 Å². The first-order chi connectivity index (χ1) is 16.4. The van der Waals surface area contributed by atoms with Crippen molar-refractivity contribution in [3.63, 3.8) is 0 Å². The monoisotopic (exact) mass is 459 g/mol. The van der Waals surface area contributed by atoms with Crippen LogP contribution in [-0.4, -0.2) is 40.0 Å². The summed E-state index contributed by atoms with van der Waals surface area (Å²) in [6.45, 7) is 7.06. The number of nitrogens with one attached hydrogen (secondary N) is 1. The topological polar surface area (TPSA) is 88.8 Å². The Hall–Kier alpha value is -3.94. The summed E-state index contributed by atoms with van der Waals surface area (Å²) >= 11 is 0. The van der Waals surface area contributed by atoms with Crippen LogP contribution in [0.2, 0.25) is 0 Å². The lowest BCUT2D eigenvalue weighted by Gasteiger charge is -2.22. The van der Waals surface area contributed by atoms with Gasteiger partial charge in [0.25, 0.3) is 0 Å². The molecule has 8 heteroatoms. The summed E-state index contributed by atoms with van der Waals surface area (Å²) in [5.74, 6) is -0.688. The third-order valence-corrected chi connectivity index (χ3v) is 5.64. The van der Waals surface area contributed by atoms with Crippen LogP contribution in [0.4, 0.5) is 5.69 Å². The van der Waals surface area contributed by atoms with Crippen molar-refractivity contribution in [3.05, 3.63) is 83.2 Å². The number of nitrogens with zero attached hydrogens (tertiary/aromatic N) is 4. The smallest absolute Gasteiger partial charge is 0.354 e. The molecule has 176 valence electrons. The third-order valence-electron chi connectivity index (χ3n) is 5.64. The van der Waals surface area contributed by atoms with Gasteiger partial charge < -0.3 is 10.1 Å². The van der Waals surface area contributed by atoms with Crippen molar-refractivity contribution >= 4 is 23.3 Å². The molecule has 1 aliphatic rings. The Labute approximate surface area is 199 Å². The van der Waals surface area contributed by atoms with Crippen LogP contribution >= 0.6 is 0 Å². The zero-order chi connectivity index (χ0) is 24.1. The molecule has 0 spiro atoms. The highest BCUT2D eigenvalue weighted by Crippen LogP contribution is 2.25. The van der Waals surface area contributed by atoms with Gasteiger partial charge in [0.2, 0.25) is 5.91 Å². The minimum Gasteiger partial charge on any atom is -0.461 e. The zero-order valence-corrected chi connectivity index (χ0v) is 19.7. The number of hydrogen-bond donors (Lipinski definition) is 1. The van der Waals surface area contributed by atoms with Crippen LogP contribution in [0.3, 0.4) is 0 Å². The highest BCUT2D eigenvalue weighted by molar-refractivity contribution is 6.38. The molecule has 0 saturated heterocycles. The summed E-state index contributed by atoms with van der Waals surface area (Å²) < 4.78 is 7.07. The molecule has 0 bridgehead atoms. The van der Waals surface area contributed by atoms with Gasteiger partial charge in [-0.1, -0.05) is 42.5 Å². The number of carbonyl (C=O) groups is 2. The van der Waals surface area contributed by atoms with Gasteiger partial charge in [0.1, 0.15) is 11.8 Å². The number of amides is 1. The van der Waals surface area contributed by atoms with E-state index >= 15 is 0 Å². The van der Waals surface area contributed by atoms with Crippen molar-refractivity contribution in [2.24, 2.45) is 5.10 Å². The SMILES string of the molecule is CCOC(=O)C1=NN(c2ccccc2)C(C(=O)NCc2cccc(Cn3nc(C)cc3C)c2)C1. The van der Waals surface area contributed by atoms with Crippen LogP contribution in [0.5, 0.6) is 0 Å². The van der Waals surface area contributed by atoms with Crippen LogP contribution in [0, 0.1) is 13.8 Å². The van der Waals surface area contributed by atoms with E-state index in [0.29, 0.717) is 13.1 Å². The molecular weight excluding hydrogens is 430 g/mol. The minimum atomic E-state index is -0.625. The van der Waals surface area contributed by atoms with Crippen molar-refractivity contribution in [2.75, 3.05) is 11.6 Å². The molecule has 1 amide bonds. The summed E-state index contributed by atoms with van der Waals surface area (Å²) in [7, 11) is 0. The average molecular weight is 460 g/mol. The van der Waals surface area contributed by atoms with E-state index < -0.39 is 12.0 Å².